The quantitative estimate of drug-likeness (QED) is 0.351. The molecule has 1 unspecified atom stereocenters. The van der Waals surface area contributed by atoms with E-state index in [1.54, 1.807) is 36.4 Å². The first-order valence-corrected chi connectivity index (χ1v) is 12.2. The Labute approximate surface area is 224 Å². The van der Waals surface area contributed by atoms with Gasteiger partial charge in [-0.15, -0.1) is 0 Å². The van der Waals surface area contributed by atoms with Gasteiger partial charge in [-0.3, -0.25) is 9.69 Å². The second kappa shape index (κ2) is 11.4. The van der Waals surface area contributed by atoms with Gasteiger partial charge in [0.25, 0.3) is 0 Å². The van der Waals surface area contributed by atoms with Crippen LogP contribution in [0.5, 0.6) is 0 Å². The molecule has 4 rings (SSSR count). The van der Waals surface area contributed by atoms with Crippen LogP contribution in [0, 0.1) is 29.3 Å². The first-order chi connectivity index (χ1) is 18.7. The van der Waals surface area contributed by atoms with Gasteiger partial charge in [0, 0.05) is 49.8 Å². The number of nitrogens with zero attached hydrogens (tertiary/aromatic N) is 3. The van der Waals surface area contributed by atoms with Gasteiger partial charge in [0.1, 0.15) is 23.3 Å². The summed E-state index contributed by atoms with van der Waals surface area (Å²) in [6, 6.07) is 16.1. The van der Waals surface area contributed by atoms with Crippen molar-refractivity contribution in [2.75, 3.05) is 25.0 Å². The molecular weight excluding hydrogens is 507 g/mol. The number of carbonyl (C=O) groups is 3. The number of benzene rings is 3. The van der Waals surface area contributed by atoms with E-state index in [1.807, 2.05) is 6.07 Å². The number of carbonyl (C=O) groups excluding carboxylic acids is 3. The van der Waals surface area contributed by atoms with Crippen LogP contribution >= 0.6 is 0 Å². The van der Waals surface area contributed by atoms with Crippen LogP contribution in [-0.4, -0.2) is 53.7 Å². The molecule has 0 N–H and O–H groups in total. The molecule has 0 saturated carbocycles. The van der Waals surface area contributed by atoms with E-state index in [0.717, 1.165) is 21.9 Å². The van der Waals surface area contributed by atoms with Crippen LogP contribution in [-0.2, 0) is 16.1 Å². The molecule has 1 heterocycles. The van der Waals surface area contributed by atoms with Crippen molar-refractivity contribution in [2.45, 2.75) is 25.4 Å². The SMILES string of the molecule is CN(C(=O)N1CCN(Cc2ccccc2F)C(=O)C1(C)CC=O)c1c(F)cc(C#Cc2ccccc2)cc1F. The molecule has 1 aliphatic rings. The maximum atomic E-state index is 15.1. The molecule has 0 aromatic heterocycles. The number of aldehydes is 1. The molecule has 39 heavy (non-hydrogen) atoms. The highest BCUT2D eigenvalue weighted by molar-refractivity contribution is 5.99. The van der Waals surface area contributed by atoms with Crippen LogP contribution in [0.25, 0.3) is 0 Å². The van der Waals surface area contributed by atoms with E-state index in [9.17, 15) is 18.8 Å². The molecule has 0 aliphatic carbocycles. The zero-order chi connectivity index (χ0) is 28.2. The fraction of sp³-hybridized carbons (Fsp3) is 0.233. The molecule has 3 amide bonds. The third-order valence-electron chi connectivity index (χ3n) is 6.73. The maximum Gasteiger partial charge on any atom is 0.325 e. The summed E-state index contributed by atoms with van der Waals surface area (Å²) in [4.78, 5) is 41.8. The smallest absolute Gasteiger partial charge is 0.325 e. The van der Waals surface area contributed by atoms with Gasteiger partial charge < -0.3 is 14.6 Å². The number of piperazine rings is 1. The molecule has 1 fully saturated rings. The molecule has 3 aromatic carbocycles. The fourth-order valence-electron chi connectivity index (χ4n) is 4.58. The van der Waals surface area contributed by atoms with Crippen molar-refractivity contribution in [3.8, 4) is 11.8 Å². The minimum atomic E-state index is -1.63. The second-order valence-electron chi connectivity index (χ2n) is 9.36. The molecule has 200 valence electrons. The van der Waals surface area contributed by atoms with E-state index >= 15 is 8.78 Å². The largest absolute Gasteiger partial charge is 0.334 e. The van der Waals surface area contributed by atoms with Crippen LogP contribution in [0.3, 0.4) is 0 Å². The van der Waals surface area contributed by atoms with Crippen molar-refractivity contribution in [3.05, 3.63) is 101 Å². The molecule has 9 heteroatoms. The lowest BCUT2D eigenvalue weighted by molar-refractivity contribution is -0.149. The Balaban J connectivity index is 1.58. The van der Waals surface area contributed by atoms with Gasteiger partial charge in [0.05, 0.1) is 0 Å². The summed E-state index contributed by atoms with van der Waals surface area (Å²) in [6.07, 6.45) is 0.157. The average molecular weight is 534 g/mol. The van der Waals surface area contributed by atoms with Crippen LogP contribution in [0.4, 0.5) is 23.7 Å². The van der Waals surface area contributed by atoms with Gasteiger partial charge >= 0.3 is 6.03 Å². The number of anilines is 1. The molecule has 1 atom stereocenters. The topological polar surface area (TPSA) is 60.9 Å². The summed E-state index contributed by atoms with van der Waals surface area (Å²) in [6.45, 7) is 1.38. The van der Waals surface area contributed by atoms with Crippen molar-refractivity contribution >= 4 is 23.9 Å². The highest BCUT2D eigenvalue weighted by atomic mass is 19.1. The summed E-state index contributed by atoms with van der Waals surface area (Å²) >= 11 is 0. The predicted molar refractivity (Wildman–Crippen MR) is 140 cm³/mol. The number of urea groups is 1. The van der Waals surface area contributed by atoms with Gasteiger partial charge in [-0.05, 0) is 37.3 Å². The fourth-order valence-corrected chi connectivity index (χ4v) is 4.58. The summed E-state index contributed by atoms with van der Waals surface area (Å²) in [5, 5.41) is 0. The monoisotopic (exact) mass is 533 g/mol. The van der Waals surface area contributed by atoms with Crippen molar-refractivity contribution in [3.63, 3.8) is 0 Å². The van der Waals surface area contributed by atoms with Crippen molar-refractivity contribution < 1.29 is 27.6 Å². The Hall–Kier alpha value is -4.58. The predicted octanol–water partition coefficient (Wildman–Crippen LogP) is 4.75. The Kier molecular flexibility index (Phi) is 8.05. The molecule has 0 radical (unpaired) electrons. The van der Waals surface area contributed by atoms with Crippen molar-refractivity contribution in [1.29, 1.82) is 0 Å². The Morgan fingerprint density at radius 2 is 1.56 bits per heavy atom. The third kappa shape index (κ3) is 5.65. The minimum absolute atomic E-state index is 0.0302. The highest BCUT2D eigenvalue weighted by Crippen LogP contribution is 2.31. The zero-order valence-corrected chi connectivity index (χ0v) is 21.5. The van der Waals surface area contributed by atoms with Crippen LogP contribution in [0.15, 0.2) is 66.7 Å². The van der Waals surface area contributed by atoms with Crippen molar-refractivity contribution in [2.24, 2.45) is 0 Å². The third-order valence-corrected chi connectivity index (χ3v) is 6.73. The van der Waals surface area contributed by atoms with E-state index in [1.165, 1.54) is 31.0 Å². The Morgan fingerprint density at radius 1 is 0.949 bits per heavy atom. The van der Waals surface area contributed by atoms with E-state index in [4.69, 9.17) is 0 Å². The number of hydrogen-bond acceptors (Lipinski definition) is 3. The molecular formula is C30H26F3N3O3. The van der Waals surface area contributed by atoms with Crippen molar-refractivity contribution in [1.82, 2.24) is 9.80 Å². The first kappa shape index (κ1) is 27.5. The van der Waals surface area contributed by atoms with Gasteiger partial charge in [-0.2, -0.15) is 0 Å². The first-order valence-electron chi connectivity index (χ1n) is 12.2. The molecule has 3 aromatic rings. The lowest BCUT2D eigenvalue weighted by Gasteiger charge is -2.48. The number of hydrogen-bond donors (Lipinski definition) is 0. The van der Waals surface area contributed by atoms with E-state index in [-0.39, 0.29) is 37.2 Å². The number of rotatable bonds is 5. The normalized spacial score (nSPS) is 16.9. The van der Waals surface area contributed by atoms with Gasteiger partial charge in [-0.25, -0.2) is 18.0 Å². The number of halogens is 3. The van der Waals surface area contributed by atoms with Crippen LogP contribution in [0.1, 0.15) is 30.0 Å². The lowest BCUT2D eigenvalue weighted by Crippen LogP contribution is -2.67. The average Bonchev–Trinajstić information content (AvgIpc) is 2.91. The number of amides is 3. The van der Waals surface area contributed by atoms with E-state index in [2.05, 4.69) is 11.8 Å². The molecule has 0 spiro atoms. The van der Waals surface area contributed by atoms with E-state index in [0.29, 0.717) is 11.8 Å². The highest BCUT2D eigenvalue weighted by Gasteiger charge is 2.48. The summed E-state index contributed by atoms with van der Waals surface area (Å²) in [5.74, 6) is 2.46. The van der Waals surface area contributed by atoms with Crippen LogP contribution < -0.4 is 4.90 Å². The second-order valence-corrected chi connectivity index (χ2v) is 9.36. The summed E-state index contributed by atoms with van der Waals surface area (Å²) in [7, 11) is 1.19. The standard InChI is InChI=1S/C30H26F3N3O3/c1-30(14-17-37)28(38)35(20-23-10-6-7-11-24(23)31)15-16-36(30)29(39)34(2)27-25(32)18-22(19-26(27)33)13-12-21-8-4-3-5-9-21/h3-11,17-19H,14-16,20H2,1-2H3. The Morgan fingerprint density at radius 3 is 2.21 bits per heavy atom. The maximum absolute atomic E-state index is 15.1. The molecule has 6 nitrogen and oxygen atoms in total. The van der Waals surface area contributed by atoms with Crippen LogP contribution in [0.2, 0.25) is 0 Å². The minimum Gasteiger partial charge on any atom is -0.334 e. The van der Waals surface area contributed by atoms with E-state index < -0.39 is 40.6 Å². The van der Waals surface area contributed by atoms with Gasteiger partial charge in [0.15, 0.2) is 11.6 Å². The Bertz CT molecular complexity index is 1450. The summed E-state index contributed by atoms with van der Waals surface area (Å²) in [5.41, 5.74) is -1.20. The molecule has 1 saturated heterocycles. The molecule has 0 bridgehead atoms. The van der Waals surface area contributed by atoms with Gasteiger partial charge in [0.2, 0.25) is 5.91 Å². The summed E-state index contributed by atoms with van der Waals surface area (Å²) < 4.78 is 44.4. The zero-order valence-electron chi connectivity index (χ0n) is 21.5. The lowest BCUT2D eigenvalue weighted by atomic mass is 9.91. The van der Waals surface area contributed by atoms with Gasteiger partial charge in [-0.1, -0.05) is 48.2 Å². The molecule has 1 aliphatic heterocycles.